The number of H-pyrrole nitrogens is 2. The summed E-state index contributed by atoms with van der Waals surface area (Å²) in [5.74, 6) is 0. The Hall–Kier alpha value is -2.66. The van der Waals surface area contributed by atoms with Crippen LogP contribution in [0.15, 0.2) is 48.7 Å². The molecule has 0 fully saturated rings. The molecule has 4 nitrogen and oxygen atoms in total. The van der Waals surface area contributed by atoms with Crippen LogP contribution in [0.5, 0.6) is 0 Å². The molecular formula is C19H18N4S. The largest absolute Gasteiger partial charge is 0.361 e. The predicted octanol–water partition coefficient (Wildman–Crippen LogP) is 4.21. The molecule has 2 aromatic heterocycles. The van der Waals surface area contributed by atoms with Gasteiger partial charge in [0.05, 0.1) is 5.52 Å². The summed E-state index contributed by atoms with van der Waals surface area (Å²) in [6.45, 7) is 2.72. The van der Waals surface area contributed by atoms with Crippen molar-refractivity contribution in [1.29, 1.82) is 5.41 Å². The van der Waals surface area contributed by atoms with Crippen molar-refractivity contribution in [2.75, 3.05) is 0 Å². The van der Waals surface area contributed by atoms with Gasteiger partial charge in [0.15, 0.2) is 4.77 Å². The number of para-hydroxylation sites is 1. The van der Waals surface area contributed by atoms with E-state index < -0.39 is 0 Å². The fraction of sp³-hybridized carbons (Fsp3) is 0.158. The van der Waals surface area contributed by atoms with E-state index >= 15 is 0 Å². The molecule has 24 heavy (non-hydrogen) atoms. The third kappa shape index (κ3) is 2.47. The Balaban J connectivity index is 1.74. The minimum Gasteiger partial charge on any atom is -0.361 e. The van der Waals surface area contributed by atoms with Gasteiger partial charge in [-0.25, -0.2) is 0 Å². The third-order valence-electron chi connectivity index (χ3n) is 4.47. The Morgan fingerprint density at radius 1 is 1.08 bits per heavy atom. The quantitative estimate of drug-likeness (QED) is 0.483. The summed E-state index contributed by atoms with van der Waals surface area (Å²) in [5.41, 5.74) is 4.92. The molecule has 2 aromatic carbocycles. The third-order valence-corrected chi connectivity index (χ3v) is 4.79. The highest BCUT2D eigenvalue weighted by Crippen LogP contribution is 2.18. The first-order chi connectivity index (χ1) is 11.6. The van der Waals surface area contributed by atoms with E-state index in [9.17, 15) is 0 Å². The lowest BCUT2D eigenvalue weighted by Gasteiger charge is -2.10. The SMILES string of the molecule is Cc1ccc2[nH]c(=S)n(CCc3c[nH]c4ccccc34)c(=N)c2c1. The highest BCUT2D eigenvalue weighted by Gasteiger charge is 2.06. The van der Waals surface area contributed by atoms with Gasteiger partial charge in [-0.1, -0.05) is 29.8 Å². The number of aromatic amines is 2. The Morgan fingerprint density at radius 3 is 2.79 bits per heavy atom. The molecule has 0 atom stereocenters. The van der Waals surface area contributed by atoms with Crippen molar-refractivity contribution >= 4 is 34.0 Å². The van der Waals surface area contributed by atoms with Crippen molar-refractivity contribution in [1.82, 2.24) is 14.5 Å². The van der Waals surface area contributed by atoms with E-state index in [4.69, 9.17) is 17.6 Å². The maximum absolute atomic E-state index is 8.54. The van der Waals surface area contributed by atoms with Gasteiger partial charge in [0.1, 0.15) is 5.49 Å². The van der Waals surface area contributed by atoms with Crippen LogP contribution in [0.1, 0.15) is 11.1 Å². The molecule has 0 radical (unpaired) electrons. The Bertz CT molecular complexity index is 1160. The average molecular weight is 334 g/mol. The summed E-state index contributed by atoms with van der Waals surface area (Å²) in [5, 5.41) is 10.7. The number of hydrogen-bond acceptors (Lipinski definition) is 2. The van der Waals surface area contributed by atoms with Gasteiger partial charge in [0, 0.05) is 29.0 Å². The zero-order chi connectivity index (χ0) is 16.7. The molecule has 5 heteroatoms. The molecule has 120 valence electrons. The van der Waals surface area contributed by atoms with E-state index in [2.05, 4.69) is 22.1 Å². The van der Waals surface area contributed by atoms with Crippen molar-refractivity contribution in [2.45, 2.75) is 19.9 Å². The molecule has 0 saturated heterocycles. The lowest BCUT2D eigenvalue weighted by Crippen LogP contribution is -2.23. The van der Waals surface area contributed by atoms with Crippen molar-refractivity contribution < 1.29 is 0 Å². The van der Waals surface area contributed by atoms with Crippen LogP contribution < -0.4 is 5.49 Å². The summed E-state index contributed by atoms with van der Waals surface area (Å²) in [6.07, 6.45) is 2.88. The van der Waals surface area contributed by atoms with Crippen molar-refractivity contribution in [3.8, 4) is 0 Å². The second-order valence-electron chi connectivity index (χ2n) is 6.09. The van der Waals surface area contributed by atoms with E-state index in [1.807, 2.05) is 48.0 Å². The van der Waals surface area contributed by atoms with Crippen LogP contribution in [0, 0.1) is 17.1 Å². The van der Waals surface area contributed by atoms with Gasteiger partial charge in [-0.05, 0) is 49.3 Å². The van der Waals surface area contributed by atoms with E-state index in [1.54, 1.807) is 0 Å². The molecule has 0 bridgehead atoms. The maximum Gasteiger partial charge on any atom is 0.179 e. The van der Waals surface area contributed by atoms with Gasteiger partial charge in [0.25, 0.3) is 0 Å². The van der Waals surface area contributed by atoms with E-state index in [-0.39, 0.29) is 0 Å². The fourth-order valence-electron chi connectivity index (χ4n) is 3.18. The number of aromatic nitrogens is 3. The van der Waals surface area contributed by atoms with E-state index in [0.29, 0.717) is 16.8 Å². The van der Waals surface area contributed by atoms with Crippen LogP contribution in [0.4, 0.5) is 0 Å². The molecule has 0 aliphatic heterocycles. The first-order valence-electron chi connectivity index (χ1n) is 7.96. The van der Waals surface area contributed by atoms with Crippen LogP contribution in [0.25, 0.3) is 21.8 Å². The van der Waals surface area contributed by atoms with Gasteiger partial charge in [-0.3, -0.25) is 5.41 Å². The molecule has 0 unspecified atom stereocenters. The van der Waals surface area contributed by atoms with Crippen LogP contribution in [-0.2, 0) is 13.0 Å². The Morgan fingerprint density at radius 2 is 1.92 bits per heavy atom. The normalized spacial score (nSPS) is 11.4. The number of hydrogen-bond donors (Lipinski definition) is 3. The molecule has 4 aromatic rings. The zero-order valence-electron chi connectivity index (χ0n) is 13.4. The predicted molar refractivity (Wildman–Crippen MR) is 99.7 cm³/mol. The molecular weight excluding hydrogens is 316 g/mol. The van der Waals surface area contributed by atoms with Gasteiger partial charge in [0.2, 0.25) is 0 Å². The monoisotopic (exact) mass is 334 g/mol. The standard InChI is InChI=1S/C19H18N4S/c1-12-6-7-17-15(10-12)18(20)23(19(24)22-17)9-8-13-11-21-16-5-3-2-4-14(13)16/h2-7,10-11,20-21H,8-9H2,1H3,(H,22,24). The highest BCUT2D eigenvalue weighted by molar-refractivity contribution is 7.71. The molecule has 0 aliphatic carbocycles. The van der Waals surface area contributed by atoms with Crippen molar-refractivity contribution in [2.24, 2.45) is 0 Å². The Labute approximate surface area is 144 Å². The highest BCUT2D eigenvalue weighted by atomic mass is 32.1. The van der Waals surface area contributed by atoms with Crippen molar-refractivity contribution in [3.05, 3.63) is 70.0 Å². The van der Waals surface area contributed by atoms with Gasteiger partial charge in [-0.2, -0.15) is 0 Å². The number of fused-ring (bicyclic) bond motifs is 2. The molecule has 0 saturated carbocycles. The van der Waals surface area contributed by atoms with Crippen LogP contribution in [0.2, 0.25) is 0 Å². The van der Waals surface area contributed by atoms with Crippen molar-refractivity contribution in [3.63, 3.8) is 0 Å². The number of nitrogens with zero attached hydrogens (tertiary/aromatic N) is 1. The molecule has 4 rings (SSSR count). The summed E-state index contributed by atoms with van der Waals surface area (Å²) >= 11 is 5.47. The van der Waals surface area contributed by atoms with E-state index in [0.717, 1.165) is 28.4 Å². The first kappa shape index (κ1) is 14.9. The maximum atomic E-state index is 8.54. The van der Waals surface area contributed by atoms with Gasteiger partial charge in [-0.15, -0.1) is 0 Å². The molecule has 2 heterocycles. The lowest BCUT2D eigenvalue weighted by molar-refractivity contribution is 0.638. The number of aryl methyl sites for hydroxylation is 2. The fourth-order valence-corrected chi connectivity index (χ4v) is 3.47. The number of rotatable bonds is 3. The molecule has 0 amide bonds. The van der Waals surface area contributed by atoms with Gasteiger partial charge >= 0.3 is 0 Å². The summed E-state index contributed by atoms with van der Waals surface area (Å²) in [6, 6.07) is 14.3. The molecule has 3 N–H and O–H groups in total. The summed E-state index contributed by atoms with van der Waals surface area (Å²) in [4.78, 5) is 6.54. The zero-order valence-corrected chi connectivity index (χ0v) is 14.2. The number of nitrogens with one attached hydrogen (secondary N) is 3. The van der Waals surface area contributed by atoms with E-state index in [1.165, 1.54) is 10.9 Å². The van der Waals surface area contributed by atoms with Crippen LogP contribution >= 0.6 is 12.2 Å². The second kappa shape index (κ2) is 5.76. The second-order valence-corrected chi connectivity index (χ2v) is 6.48. The summed E-state index contributed by atoms with van der Waals surface area (Å²) in [7, 11) is 0. The van der Waals surface area contributed by atoms with Crippen LogP contribution in [-0.4, -0.2) is 14.5 Å². The lowest BCUT2D eigenvalue weighted by atomic mass is 10.1. The Kier molecular flexibility index (Phi) is 3.58. The minimum atomic E-state index is 0.470. The molecule has 0 spiro atoms. The molecule has 0 aliphatic rings. The van der Waals surface area contributed by atoms with Crippen LogP contribution in [0.3, 0.4) is 0 Å². The smallest absolute Gasteiger partial charge is 0.179 e. The topological polar surface area (TPSA) is 60.4 Å². The van der Waals surface area contributed by atoms with Gasteiger partial charge < -0.3 is 14.5 Å². The first-order valence-corrected chi connectivity index (χ1v) is 8.37. The minimum absolute atomic E-state index is 0.470. The summed E-state index contributed by atoms with van der Waals surface area (Å²) < 4.78 is 2.47. The average Bonchev–Trinajstić information content (AvgIpc) is 2.99. The number of benzene rings is 2.